The van der Waals surface area contributed by atoms with Gasteiger partial charge in [-0.3, -0.25) is 4.98 Å². The van der Waals surface area contributed by atoms with Gasteiger partial charge < -0.3 is 11.1 Å². The lowest BCUT2D eigenvalue weighted by Crippen LogP contribution is -2.04. The van der Waals surface area contributed by atoms with Crippen LogP contribution >= 0.6 is 0 Å². The summed E-state index contributed by atoms with van der Waals surface area (Å²) in [5, 5.41) is 5.62. The van der Waals surface area contributed by atoms with Crippen LogP contribution in [-0.4, -0.2) is 11.5 Å². The highest BCUT2D eigenvalue weighted by atomic mass is 14.9. The van der Waals surface area contributed by atoms with Gasteiger partial charge >= 0.3 is 0 Å². The number of fused-ring (bicyclic) bond motifs is 1. The van der Waals surface area contributed by atoms with Crippen LogP contribution in [0.25, 0.3) is 10.8 Å². The maximum Gasteiger partial charge on any atom is 0.0437 e. The summed E-state index contributed by atoms with van der Waals surface area (Å²) in [4.78, 5) is 4.19. The summed E-state index contributed by atoms with van der Waals surface area (Å²) in [6.07, 6.45) is 5.82. The van der Waals surface area contributed by atoms with Gasteiger partial charge in [-0.1, -0.05) is 30.3 Å². The summed E-state index contributed by atoms with van der Waals surface area (Å²) in [6, 6.07) is 16.5. The Bertz CT molecular complexity index is 723. The van der Waals surface area contributed by atoms with Crippen LogP contribution < -0.4 is 11.1 Å². The van der Waals surface area contributed by atoms with Crippen molar-refractivity contribution in [1.82, 2.24) is 4.98 Å². The van der Waals surface area contributed by atoms with Crippen LogP contribution in [0.3, 0.4) is 0 Å². The van der Waals surface area contributed by atoms with E-state index in [1.807, 2.05) is 24.4 Å². The third kappa shape index (κ3) is 3.14. The molecule has 3 aromatic rings. The molecule has 0 saturated heterocycles. The molecule has 21 heavy (non-hydrogen) atoms. The number of aromatic nitrogens is 1. The Labute approximate surface area is 124 Å². The van der Waals surface area contributed by atoms with E-state index in [9.17, 15) is 0 Å². The Balaban J connectivity index is 1.65. The molecule has 0 atom stereocenters. The van der Waals surface area contributed by atoms with Gasteiger partial charge in [0.2, 0.25) is 0 Å². The van der Waals surface area contributed by atoms with Crippen LogP contribution in [0, 0.1) is 0 Å². The number of aryl methyl sites for hydroxylation is 1. The lowest BCUT2D eigenvalue weighted by atomic mass is 10.1. The fourth-order valence-electron chi connectivity index (χ4n) is 2.53. The summed E-state index contributed by atoms with van der Waals surface area (Å²) in [7, 11) is 0. The van der Waals surface area contributed by atoms with Gasteiger partial charge in [0, 0.05) is 41.1 Å². The molecule has 0 bridgehead atoms. The highest BCUT2D eigenvalue weighted by Gasteiger charge is 2.03. The highest BCUT2D eigenvalue weighted by Crippen LogP contribution is 2.27. The molecule has 2 aromatic carbocycles. The second-order valence-electron chi connectivity index (χ2n) is 5.14. The van der Waals surface area contributed by atoms with Crippen molar-refractivity contribution < 1.29 is 0 Å². The molecule has 0 spiro atoms. The molecule has 0 radical (unpaired) electrons. The van der Waals surface area contributed by atoms with Gasteiger partial charge in [0.1, 0.15) is 0 Å². The minimum absolute atomic E-state index is 0.794. The molecule has 106 valence electrons. The quantitative estimate of drug-likeness (QED) is 0.550. The summed E-state index contributed by atoms with van der Waals surface area (Å²) < 4.78 is 0. The van der Waals surface area contributed by atoms with Gasteiger partial charge in [0.25, 0.3) is 0 Å². The monoisotopic (exact) mass is 277 g/mol. The number of hydrogen-bond acceptors (Lipinski definition) is 3. The zero-order valence-corrected chi connectivity index (χ0v) is 11.9. The Kier molecular flexibility index (Phi) is 4.01. The number of nitrogen functional groups attached to an aromatic ring is 1. The maximum atomic E-state index is 6.00. The molecule has 3 nitrogen and oxygen atoms in total. The van der Waals surface area contributed by atoms with Gasteiger partial charge in [-0.2, -0.15) is 0 Å². The minimum atomic E-state index is 0.794. The first kappa shape index (κ1) is 13.4. The van der Waals surface area contributed by atoms with Gasteiger partial charge in [-0.05, 0) is 36.6 Å². The van der Waals surface area contributed by atoms with Crippen molar-refractivity contribution in [2.24, 2.45) is 0 Å². The highest BCUT2D eigenvalue weighted by molar-refractivity contribution is 6.00. The summed E-state index contributed by atoms with van der Waals surface area (Å²) in [5.41, 5.74) is 9.27. The van der Waals surface area contributed by atoms with Crippen LogP contribution in [0.5, 0.6) is 0 Å². The van der Waals surface area contributed by atoms with Crippen LogP contribution in [0.2, 0.25) is 0 Å². The number of hydrogen-bond donors (Lipinski definition) is 2. The topological polar surface area (TPSA) is 50.9 Å². The Morgan fingerprint density at radius 3 is 2.67 bits per heavy atom. The number of anilines is 2. The van der Waals surface area contributed by atoms with Crippen LogP contribution in [0.15, 0.2) is 60.9 Å². The smallest absolute Gasteiger partial charge is 0.0437 e. The number of rotatable bonds is 5. The van der Waals surface area contributed by atoms with E-state index in [1.54, 1.807) is 6.20 Å². The number of nitrogens with one attached hydrogen (secondary N) is 1. The third-order valence-electron chi connectivity index (χ3n) is 3.65. The molecule has 0 aliphatic heterocycles. The van der Waals surface area contributed by atoms with Crippen LogP contribution in [-0.2, 0) is 6.42 Å². The number of nitrogens with two attached hydrogens (primary N) is 1. The first-order valence-electron chi connectivity index (χ1n) is 7.24. The molecule has 3 N–H and O–H groups in total. The molecule has 1 aromatic heterocycles. The van der Waals surface area contributed by atoms with Crippen molar-refractivity contribution in [3.05, 3.63) is 66.5 Å². The zero-order valence-electron chi connectivity index (χ0n) is 11.9. The van der Waals surface area contributed by atoms with Gasteiger partial charge in [0.05, 0.1) is 0 Å². The molecule has 3 heteroatoms. The molecule has 0 unspecified atom stereocenters. The van der Waals surface area contributed by atoms with E-state index in [2.05, 4.69) is 40.6 Å². The van der Waals surface area contributed by atoms with E-state index in [1.165, 1.54) is 5.56 Å². The first-order valence-corrected chi connectivity index (χ1v) is 7.24. The Hall–Kier alpha value is -2.55. The van der Waals surface area contributed by atoms with Crippen LogP contribution in [0.4, 0.5) is 11.4 Å². The van der Waals surface area contributed by atoms with Crippen molar-refractivity contribution in [1.29, 1.82) is 0 Å². The fraction of sp³-hybridized carbons (Fsp3) is 0.167. The number of pyridine rings is 1. The standard InChI is InChI=1S/C18H19N3/c19-17-8-9-18(16-13-20-12-10-15(16)17)21-11-4-7-14-5-2-1-3-6-14/h1-3,5-6,8-10,12-13,21H,4,7,11,19H2. The number of nitrogens with zero attached hydrogens (tertiary/aromatic N) is 1. The molecular formula is C18H19N3. The van der Waals surface area contributed by atoms with Crippen molar-refractivity contribution in [3.8, 4) is 0 Å². The largest absolute Gasteiger partial charge is 0.398 e. The van der Waals surface area contributed by atoms with Gasteiger partial charge in [-0.15, -0.1) is 0 Å². The average Bonchev–Trinajstić information content (AvgIpc) is 2.55. The first-order chi connectivity index (χ1) is 10.3. The number of benzene rings is 2. The predicted molar refractivity (Wildman–Crippen MR) is 89.4 cm³/mol. The van der Waals surface area contributed by atoms with E-state index in [0.29, 0.717) is 0 Å². The summed E-state index contributed by atoms with van der Waals surface area (Å²) >= 11 is 0. The van der Waals surface area contributed by atoms with Crippen LogP contribution in [0.1, 0.15) is 12.0 Å². The van der Waals surface area contributed by atoms with E-state index >= 15 is 0 Å². The van der Waals surface area contributed by atoms with E-state index in [-0.39, 0.29) is 0 Å². The van der Waals surface area contributed by atoms with Crippen molar-refractivity contribution in [3.63, 3.8) is 0 Å². The fourth-order valence-corrected chi connectivity index (χ4v) is 2.53. The molecular weight excluding hydrogens is 258 g/mol. The summed E-state index contributed by atoms with van der Waals surface area (Å²) in [5.74, 6) is 0. The second-order valence-corrected chi connectivity index (χ2v) is 5.14. The van der Waals surface area contributed by atoms with E-state index in [0.717, 1.165) is 41.5 Å². The molecule has 3 rings (SSSR count). The van der Waals surface area contributed by atoms with E-state index in [4.69, 9.17) is 5.73 Å². The molecule has 0 aliphatic carbocycles. The second kappa shape index (κ2) is 6.27. The van der Waals surface area contributed by atoms with E-state index < -0.39 is 0 Å². The molecule has 0 saturated carbocycles. The third-order valence-corrected chi connectivity index (χ3v) is 3.65. The minimum Gasteiger partial charge on any atom is -0.398 e. The molecule has 0 aliphatic rings. The van der Waals surface area contributed by atoms with Crippen molar-refractivity contribution in [2.75, 3.05) is 17.6 Å². The molecule has 0 amide bonds. The van der Waals surface area contributed by atoms with Gasteiger partial charge in [-0.25, -0.2) is 0 Å². The molecule has 0 fully saturated rings. The predicted octanol–water partition coefficient (Wildman–Crippen LogP) is 3.86. The Morgan fingerprint density at radius 2 is 1.81 bits per heavy atom. The van der Waals surface area contributed by atoms with Gasteiger partial charge in [0.15, 0.2) is 0 Å². The van der Waals surface area contributed by atoms with Crippen molar-refractivity contribution in [2.45, 2.75) is 12.8 Å². The summed E-state index contributed by atoms with van der Waals surface area (Å²) in [6.45, 7) is 0.933. The zero-order chi connectivity index (χ0) is 14.5. The lowest BCUT2D eigenvalue weighted by Gasteiger charge is -2.11. The normalized spacial score (nSPS) is 10.7. The Morgan fingerprint density at radius 1 is 0.952 bits per heavy atom. The molecule has 1 heterocycles. The SMILES string of the molecule is Nc1ccc(NCCCc2ccccc2)c2cnccc12. The maximum absolute atomic E-state index is 6.00. The van der Waals surface area contributed by atoms with Crippen molar-refractivity contribution >= 4 is 22.1 Å². The lowest BCUT2D eigenvalue weighted by molar-refractivity contribution is 0.864. The average molecular weight is 277 g/mol.